The smallest absolute Gasteiger partial charge is 0.129 e. The highest BCUT2D eigenvalue weighted by Gasteiger charge is 2.40. The van der Waals surface area contributed by atoms with E-state index in [1.165, 1.54) is 133 Å². The molecule has 0 saturated carbocycles. The molecule has 138 valence electrons. The van der Waals surface area contributed by atoms with Crippen LogP contribution in [0.15, 0.2) is 0 Å². The molecule has 1 saturated heterocycles. The standard InChI is InChI=1S/C22H46N/c1-3-5-7-9-11-13-15-17-19-23(21-22-23)20-18-16-14-12-10-8-6-4-2/h3-22H2,1-2H3/q+1. The highest BCUT2D eigenvalue weighted by Crippen LogP contribution is 2.24. The van der Waals surface area contributed by atoms with Crippen molar-refractivity contribution in [3.8, 4) is 0 Å². The third-order valence-corrected chi connectivity index (χ3v) is 5.83. The predicted molar refractivity (Wildman–Crippen MR) is 105 cm³/mol. The Kier molecular flexibility index (Phi) is 13.1. The summed E-state index contributed by atoms with van der Waals surface area (Å²) in [6.45, 7) is 10.6. The minimum Gasteiger partial charge on any atom is -0.314 e. The van der Waals surface area contributed by atoms with Gasteiger partial charge in [0.2, 0.25) is 0 Å². The van der Waals surface area contributed by atoms with Crippen molar-refractivity contribution in [3.05, 3.63) is 0 Å². The summed E-state index contributed by atoms with van der Waals surface area (Å²) in [5.74, 6) is 0. The fourth-order valence-electron chi connectivity index (χ4n) is 3.86. The Morgan fingerprint density at radius 2 is 0.739 bits per heavy atom. The molecule has 0 radical (unpaired) electrons. The summed E-state index contributed by atoms with van der Waals surface area (Å²) in [7, 11) is 0. The minimum atomic E-state index is 1.37. The molecule has 1 nitrogen and oxygen atoms in total. The maximum absolute atomic E-state index is 2.31. The zero-order valence-electron chi connectivity index (χ0n) is 16.6. The number of hydrogen-bond acceptors (Lipinski definition) is 0. The van der Waals surface area contributed by atoms with Crippen LogP contribution in [0.5, 0.6) is 0 Å². The summed E-state index contributed by atoms with van der Waals surface area (Å²) in [5.41, 5.74) is 0. The lowest BCUT2D eigenvalue weighted by Gasteiger charge is -2.18. The molecule has 1 aliphatic rings. The Morgan fingerprint density at radius 1 is 0.435 bits per heavy atom. The lowest BCUT2D eigenvalue weighted by Crippen LogP contribution is -2.28. The highest BCUT2D eigenvalue weighted by atomic mass is 15.5. The molecule has 0 bridgehead atoms. The van der Waals surface area contributed by atoms with Crippen LogP contribution in [0.3, 0.4) is 0 Å². The van der Waals surface area contributed by atoms with Crippen LogP contribution >= 0.6 is 0 Å². The summed E-state index contributed by atoms with van der Waals surface area (Å²) in [6.07, 6.45) is 23.4. The van der Waals surface area contributed by atoms with Gasteiger partial charge in [-0.05, 0) is 25.7 Å². The van der Waals surface area contributed by atoms with Crippen LogP contribution in [-0.4, -0.2) is 30.7 Å². The molecule has 1 rings (SSSR count). The first-order valence-electron chi connectivity index (χ1n) is 11.2. The Morgan fingerprint density at radius 3 is 1.04 bits per heavy atom. The second kappa shape index (κ2) is 14.3. The third-order valence-electron chi connectivity index (χ3n) is 5.83. The van der Waals surface area contributed by atoms with Gasteiger partial charge in [-0.2, -0.15) is 0 Å². The lowest BCUT2D eigenvalue weighted by atomic mass is 10.1. The van der Waals surface area contributed by atoms with Gasteiger partial charge >= 0.3 is 0 Å². The Balaban J connectivity index is 1.83. The van der Waals surface area contributed by atoms with E-state index in [4.69, 9.17) is 0 Å². The number of hydrogen-bond donors (Lipinski definition) is 0. The predicted octanol–water partition coefficient (Wildman–Crippen LogP) is 7.10. The summed E-state index contributed by atoms with van der Waals surface area (Å²) in [6, 6.07) is 0. The molecule has 1 heterocycles. The van der Waals surface area contributed by atoms with Gasteiger partial charge in [-0.25, -0.2) is 0 Å². The average Bonchev–Trinajstić information content (AvgIpc) is 3.33. The SMILES string of the molecule is CCCCCCCCCC[N+]1(CCCCCCCCCC)CC1. The third kappa shape index (κ3) is 12.0. The van der Waals surface area contributed by atoms with E-state index in [1.807, 2.05) is 0 Å². The average molecular weight is 325 g/mol. The molecule has 1 heteroatoms. The molecule has 0 aromatic heterocycles. The van der Waals surface area contributed by atoms with E-state index in [-0.39, 0.29) is 0 Å². The van der Waals surface area contributed by atoms with Gasteiger partial charge in [0, 0.05) is 0 Å². The quantitative estimate of drug-likeness (QED) is 0.143. The molecule has 0 spiro atoms. The first-order valence-corrected chi connectivity index (χ1v) is 11.2. The fraction of sp³-hybridized carbons (Fsp3) is 1.00. The summed E-state index contributed by atoms with van der Waals surface area (Å²) >= 11 is 0. The topological polar surface area (TPSA) is 0 Å². The molecule has 23 heavy (non-hydrogen) atoms. The van der Waals surface area contributed by atoms with Crippen molar-refractivity contribution in [1.82, 2.24) is 0 Å². The monoisotopic (exact) mass is 324 g/mol. The van der Waals surface area contributed by atoms with Gasteiger partial charge < -0.3 is 4.48 Å². The van der Waals surface area contributed by atoms with Gasteiger partial charge in [-0.15, -0.1) is 0 Å². The molecule has 0 aromatic carbocycles. The van der Waals surface area contributed by atoms with E-state index in [0.29, 0.717) is 0 Å². The van der Waals surface area contributed by atoms with Crippen LogP contribution in [0.2, 0.25) is 0 Å². The van der Waals surface area contributed by atoms with Crippen molar-refractivity contribution < 1.29 is 4.48 Å². The lowest BCUT2D eigenvalue weighted by molar-refractivity contribution is -0.800. The highest BCUT2D eigenvalue weighted by molar-refractivity contribution is 4.59. The largest absolute Gasteiger partial charge is 0.314 e. The molecule has 0 atom stereocenters. The number of unbranched alkanes of at least 4 members (excludes halogenated alkanes) is 14. The van der Waals surface area contributed by atoms with Crippen molar-refractivity contribution in [2.24, 2.45) is 0 Å². The van der Waals surface area contributed by atoms with Crippen LogP contribution in [-0.2, 0) is 0 Å². The van der Waals surface area contributed by atoms with Crippen molar-refractivity contribution in [3.63, 3.8) is 0 Å². The first-order chi connectivity index (χ1) is 11.3. The molecule has 0 N–H and O–H groups in total. The molecule has 0 unspecified atom stereocenters. The van der Waals surface area contributed by atoms with Gasteiger partial charge in [0.05, 0.1) is 13.1 Å². The second-order valence-corrected chi connectivity index (χ2v) is 8.19. The zero-order valence-corrected chi connectivity index (χ0v) is 16.6. The van der Waals surface area contributed by atoms with Crippen molar-refractivity contribution in [2.75, 3.05) is 26.2 Å². The molecule has 0 amide bonds. The maximum atomic E-state index is 2.31. The van der Waals surface area contributed by atoms with Crippen LogP contribution in [0.4, 0.5) is 0 Å². The van der Waals surface area contributed by atoms with E-state index < -0.39 is 0 Å². The summed E-state index contributed by atoms with van der Waals surface area (Å²) in [4.78, 5) is 0. The Labute approximate surface area is 147 Å². The van der Waals surface area contributed by atoms with E-state index >= 15 is 0 Å². The van der Waals surface area contributed by atoms with Gasteiger partial charge in [0.15, 0.2) is 0 Å². The van der Waals surface area contributed by atoms with Gasteiger partial charge in [0.1, 0.15) is 13.1 Å². The zero-order chi connectivity index (χ0) is 16.6. The summed E-state index contributed by atoms with van der Waals surface area (Å²) < 4.78 is 1.49. The number of nitrogens with zero attached hydrogens (tertiary/aromatic N) is 1. The molecule has 1 aliphatic heterocycles. The van der Waals surface area contributed by atoms with Crippen LogP contribution in [0.25, 0.3) is 0 Å². The van der Waals surface area contributed by atoms with Crippen LogP contribution in [0.1, 0.15) is 117 Å². The van der Waals surface area contributed by atoms with Crippen molar-refractivity contribution >= 4 is 0 Å². The normalized spacial score (nSPS) is 15.9. The van der Waals surface area contributed by atoms with E-state index in [9.17, 15) is 0 Å². The van der Waals surface area contributed by atoms with Crippen molar-refractivity contribution in [1.29, 1.82) is 0 Å². The van der Waals surface area contributed by atoms with Crippen molar-refractivity contribution in [2.45, 2.75) is 117 Å². The number of rotatable bonds is 18. The maximum Gasteiger partial charge on any atom is 0.129 e. The molecule has 0 aromatic rings. The molecule has 1 fully saturated rings. The van der Waals surface area contributed by atoms with E-state index in [1.54, 1.807) is 0 Å². The second-order valence-electron chi connectivity index (χ2n) is 8.19. The van der Waals surface area contributed by atoms with Gasteiger partial charge in [0.25, 0.3) is 0 Å². The Hall–Kier alpha value is -0.0400. The molecular weight excluding hydrogens is 278 g/mol. The fourth-order valence-corrected chi connectivity index (χ4v) is 3.86. The van der Waals surface area contributed by atoms with Gasteiger partial charge in [-0.3, -0.25) is 0 Å². The molecule has 0 aliphatic carbocycles. The Bertz CT molecular complexity index is 222. The van der Waals surface area contributed by atoms with E-state index in [0.717, 1.165) is 0 Å². The number of quaternary nitrogens is 1. The van der Waals surface area contributed by atoms with E-state index in [2.05, 4.69) is 13.8 Å². The van der Waals surface area contributed by atoms with Crippen LogP contribution < -0.4 is 0 Å². The molecular formula is C22H46N+. The van der Waals surface area contributed by atoms with Gasteiger partial charge in [-0.1, -0.05) is 90.9 Å². The minimum absolute atomic E-state index is 1.37. The first kappa shape index (κ1) is 21.0. The summed E-state index contributed by atoms with van der Waals surface area (Å²) in [5, 5.41) is 0. The van der Waals surface area contributed by atoms with Crippen LogP contribution in [0, 0.1) is 0 Å².